The van der Waals surface area contributed by atoms with Crippen LogP contribution in [0.3, 0.4) is 0 Å². The highest BCUT2D eigenvalue weighted by atomic mass is 16.5. The summed E-state index contributed by atoms with van der Waals surface area (Å²) < 4.78 is 4.84. The van der Waals surface area contributed by atoms with Gasteiger partial charge in [0.15, 0.2) is 0 Å². The maximum Gasteiger partial charge on any atom is 0.335 e. The van der Waals surface area contributed by atoms with Gasteiger partial charge >= 0.3 is 5.97 Å². The molecule has 1 rings (SSSR count). The first-order valence-electron chi connectivity index (χ1n) is 3.31. The fourth-order valence-electron chi connectivity index (χ4n) is 0.863. The fraction of sp³-hybridized carbons (Fsp3) is 0.125. The van der Waals surface area contributed by atoms with Gasteiger partial charge in [-0.2, -0.15) is 0 Å². The predicted molar refractivity (Wildman–Crippen MR) is 45.3 cm³/mol. The fourth-order valence-corrected chi connectivity index (χ4v) is 0.863. The van der Waals surface area contributed by atoms with Crippen LogP contribution in [0.2, 0.25) is 0 Å². The third-order valence-corrected chi connectivity index (χ3v) is 1.41. The largest absolute Gasteiger partial charge is 0.497 e. The van der Waals surface area contributed by atoms with Crippen molar-refractivity contribution >= 4 is 19.3 Å². The van der Waals surface area contributed by atoms with Gasteiger partial charge in [-0.05, 0) is 12.1 Å². The van der Waals surface area contributed by atoms with Gasteiger partial charge in [0, 0.05) is 0 Å². The van der Waals surface area contributed by atoms with E-state index in [-0.39, 0.29) is 5.56 Å². The van der Waals surface area contributed by atoms with Crippen LogP contribution in [-0.2, 0) is 0 Å². The van der Waals surface area contributed by atoms with Crippen LogP contribution >= 0.6 is 0 Å². The lowest BCUT2D eigenvalue weighted by Gasteiger charge is -2.02. The summed E-state index contributed by atoms with van der Waals surface area (Å²) in [7, 11) is 6.89. The topological polar surface area (TPSA) is 46.5 Å². The standard InChI is InChI=1S/C8H7BO3/c1-12-7-3-5(8(10)11)2-6(9)4-7/h2-4H,1H3,(H,10,11). The highest BCUT2D eigenvalue weighted by Gasteiger charge is 2.04. The Morgan fingerprint density at radius 2 is 2.17 bits per heavy atom. The van der Waals surface area contributed by atoms with Crippen LogP contribution in [0.1, 0.15) is 10.4 Å². The zero-order valence-corrected chi connectivity index (χ0v) is 6.57. The molecule has 0 fully saturated rings. The molecule has 0 bridgehead atoms. The van der Waals surface area contributed by atoms with Gasteiger partial charge in [0.05, 0.1) is 12.7 Å². The molecule has 0 amide bonds. The van der Waals surface area contributed by atoms with Crippen LogP contribution in [-0.4, -0.2) is 26.0 Å². The molecular formula is C8H7BO3. The molecule has 0 aliphatic carbocycles. The van der Waals surface area contributed by atoms with Crippen molar-refractivity contribution in [2.45, 2.75) is 0 Å². The summed E-state index contributed by atoms with van der Waals surface area (Å²) >= 11 is 0. The van der Waals surface area contributed by atoms with Crippen LogP contribution < -0.4 is 10.2 Å². The molecule has 60 valence electrons. The number of hydrogen-bond donors (Lipinski definition) is 1. The second-order valence-electron chi connectivity index (χ2n) is 2.30. The van der Waals surface area contributed by atoms with Crippen molar-refractivity contribution < 1.29 is 14.6 Å². The van der Waals surface area contributed by atoms with Crippen LogP contribution in [0, 0.1) is 0 Å². The number of hydrogen-bond acceptors (Lipinski definition) is 2. The summed E-state index contributed by atoms with van der Waals surface area (Å²) in [5.41, 5.74) is 0.513. The molecule has 0 unspecified atom stereocenters. The summed E-state index contributed by atoms with van der Waals surface area (Å²) in [6.45, 7) is 0. The lowest BCUT2D eigenvalue weighted by atomic mass is 9.94. The van der Waals surface area contributed by atoms with Gasteiger partial charge < -0.3 is 9.84 Å². The summed E-state index contributed by atoms with van der Waals surface area (Å²) in [5, 5.41) is 8.62. The van der Waals surface area contributed by atoms with E-state index in [0.717, 1.165) is 0 Å². The minimum absolute atomic E-state index is 0.131. The van der Waals surface area contributed by atoms with Crippen molar-refractivity contribution in [1.29, 1.82) is 0 Å². The Morgan fingerprint density at radius 3 is 2.67 bits per heavy atom. The van der Waals surface area contributed by atoms with E-state index in [2.05, 4.69) is 0 Å². The molecule has 0 spiro atoms. The van der Waals surface area contributed by atoms with Gasteiger partial charge in [-0.15, -0.1) is 0 Å². The molecule has 0 aliphatic heterocycles. The molecule has 1 N–H and O–H groups in total. The summed E-state index contributed by atoms with van der Waals surface area (Å²) in [5.74, 6) is -0.562. The van der Waals surface area contributed by atoms with Crippen molar-refractivity contribution in [3.05, 3.63) is 23.8 Å². The lowest BCUT2D eigenvalue weighted by Crippen LogP contribution is -2.07. The van der Waals surface area contributed by atoms with Crippen molar-refractivity contribution in [2.24, 2.45) is 0 Å². The number of carboxylic acids is 1. The minimum atomic E-state index is -1.01. The summed E-state index contributed by atoms with van der Waals surface area (Å²) in [4.78, 5) is 10.5. The Bertz CT molecular complexity index is 309. The van der Waals surface area contributed by atoms with Crippen LogP contribution in [0.4, 0.5) is 0 Å². The molecule has 0 saturated heterocycles. The highest BCUT2D eigenvalue weighted by Crippen LogP contribution is 2.10. The van der Waals surface area contributed by atoms with Gasteiger partial charge in [-0.1, -0.05) is 11.5 Å². The van der Waals surface area contributed by atoms with E-state index in [4.69, 9.17) is 17.7 Å². The molecule has 12 heavy (non-hydrogen) atoms. The molecule has 0 heterocycles. The quantitative estimate of drug-likeness (QED) is 0.631. The molecule has 3 nitrogen and oxygen atoms in total. The van der Waals surface area contributed by atoms with Gasteiger partial charge in [-0.25, -0.2) is 4.79 Å². The Hall–Kier alpha value is -1.45. The third kappa shape index (κ3) is 1.78. The van der Waals surface area contributed by atoms with Gasteiger partial charge in [0.2, 0.25) is 0 Å². The minimum Gasteiger partial charge on any atom is -0.497 e. The zero-order valence-electron chi connectivity index (χ0n) is 6.57. The average molecular weight is 162 g/mol. The maximum atomic E-state index is 10.5. The summed E-state index contributed by atoms with van der Waals surface area (Å²) in [6, 6.07) is 4.36. The van der Waals surface area contributed by atoms with Gasteiger partial charge in [0.25, 0.3) is 0 Å². The predicted octanol–water partition coefficient (Wildman–Crippen LogP) is 0.187. The molecule has 4 heteroatoms. The number of rotatable bonds is 2. The van der Waals surface area contributed by atoms with Gasteiger partial charge in [-0.3, -0.25) is 0 Å². The third-order valence-electron chi connectivity index (χ3n) is 1.41. The second-order valence-corrected chi connectivity index (χ2v) is 2.30. The van der Waals surface area contributed by atoms with E-state index in [1.54, 1.807) is 6.07 Å². The highest BCUT2D eigenvalue weighted by molar-refractivity contribution is 6.32. The molecule has 0 aromatic heterocycles. The Morgan fingerprint density at radius 1 is 1.50 bits per heavy atom. The Balaban J connectivity index is 3.15. The summed E-state index contributed by atoms with van der Waals surface area (Å²) in [6.07, 6.45) is 0. The molecular weight excluding hydrogens is 155 g/mol. The van der Waals surface area contributed by atoms with E-state index in [1.165, 1.54) is 19.2 Å². The monoisotopic (exact) mass is 162 g/mol. The van der Waals surface area contributed by atoms with Crippen molar-refractivity contribution in [3.63, 3.8) is 0 Å². The SMILES string of the molecule is [B]c1cc(OC)cc(C(=O)O)c1. The van der Waals surface area contributed by atoms with E-state index in [9.17, 15) is 4.79 Å². The molecule has 2 radical (unpaired) electrons. The van der Waals surface area contributed by atoms with E-state index < -0.39 is 5.97 Å². The van der Waals surface area contributed by atoms with Crippen molar-refractivity contribution in [1.82, 2.24) is 0 Å². The normalized spacial score (nSPS) is 9.42. The first kappa shape index (κ1) is 8.65. The number of ether oxygens (including phenoxy) is 1. The average Bonchev–Trinajstić information content (AvgIpc) is 2.03. The Labute approximate surface area is 71.4 Å². The first-order valence-corrected chi connectivity index (χ1v) is 3.31. The molecule has 1 aromatic carbocycles. The lowest BCUT2D eigenvalue weighted by molar-refractivity contribution is 0.0696. The van der Waals surface area contributed by atoms with E-state index in [1.807, 2.05) is 0 Å². The number of aromatic carboxylic acids is 1. The van der Waals surface area contributed by atoms with Crippen LogP contribution in [0.15, 0.2) is 18.2 Å². The number of methoxy groups -OCH3 is 1. The number of carboxylic acid groups (broad SMARTS) is 1. The van der Waals surface area contributed by atoms with Crippen molar-refractivity contribution in [2.75, 3.05) is 7.11 Å². The molecule has 0 atom stereocenters. The molecule has 0 aliphatic rings. The van der Waals surface area contributed by atoms with Gasteiger partial charge in [0.1, 0.15) is 13.6 Å². The van der Waals surface area contributed by atoms with E-state index in [0.29, 0.717) is 11.2 Å². The van der Waals surface area contributed by atoms with E-state index >= 15 is 0 Å². The first-order chi connectivity index (χ1) is 5.63. The van der Waals surface area contributed by atoms with Crippen LogP contribution in [0.5, 0.6) is 5.75 Å². The second kappa shape index (κ2) is 3.30. The Kier molecular flexibility index (Phi) is 2.38. The van der Waals surface area contributed by atoms with Crippen molar-refractivity contribution in [3.8, 4) is 5.75 Å². The zero-order chi connectivity index (χ0) is 9.14. The van der Waals surface area contributed by atoms with Crippen LogP contribution in [0.25, 0.3) is 0 Å². The smallest absolute Gasteiger partial charge is 0.335 e. The number of benzene rings is 1. The maximum absolute atomic E-state index is 10.5. The number of carbonyl (C=O) groups is 1. The molecule has 1 aromatic rings. The molecule has 0 saturated carbocycles.